The Morgan fingerprint density at radius 2 is 2.00 bits per heavy atom. The molecule has 4 nitrogen and oxygen atoms in total. The summed E-state index contributed by atoms with van der Waals surface area (Å²) in [5, 5.41) is 9.22. The Bertz CT molecular complexity index is 829. The lowest BCUT2D eigenvalue weighted by atomic mass is 10.1. The second-order valence-electron chi connectivity index (χ2n) is 5.47. The maximum Gasteiger partial charge on any atom is 0.315 e. The fourth-order valence-corrected chi connectivity index (χ4v) is 3.56. The number of amides is 2. The van der Waals surface area contributed by atoms with Gasteiger partial charge in [-0.25, -0.2) is 4.79 Å². The fraction of sp³-hybridized carbons (Fsp3) is 0.211. The highest BCUT2D eigenvalue weighted by Crippen LogP contribution is 2.25. The summed E-state index contributed by atoms with van der Waals surface area (Å²) in [6.07, 6.45) is 0.830. The van der Waals surface area contributed by atoms with Gasteiger partial charge in [0.2, 0.25) is 0 Å². The zero-order valence-corrected chi connectivity index (χ0v) is 14.4. The molecule has 1 heterocycles. The third-order valence-corrected chi connectivity index (χ3v) is 4.84. The number of urea groups is 1. The molecule has 0 bridgehead atoms. The number of hydrogen-bond acceptors (Lipinski definition) is 3. The molecular weight excluding hydrogens is 320 g/mol. The molecule has 0 unspecified atom stereocenters. The summed E-state index contributed by atoms with van der Waals surface area (Å²) in [5.74, 6) is 0.791. The molecule has 0 aliphatic rings. The van der Waals surface area contributed by atoms with Crippen LogP contribution >= 0.6 is 11.3 Å². The second kappa shape index (κ2) is 7.84. The van der Waals surface area contributed by atoms with Gasteiger partial charge in [0.1, 0.15) is 5.75 Å². The minimum Gasteiger partial charge on any atom is -0.497 e. The SMILES string of the molecule is COc1cccc(CNC(=O)NCCc2csc3ccccc23)c1. The van der Waals surface area contributed by atoms with Gasteiger partial charge in [-0.2, -0.15) is 0 Å². The van der Waals surface area contributed by atoms with Crippen molar-refractivity contribution in [1.82, 2.24) is 10.6 Å². The highest BCUT2D eigenvalue weighted by atomic mass is 32.1. The lowest BCUT2D eigenvalue weighted by Crippen LogP contribution is -2.36. The van der Waals surface area contributed by atoms with Crippen LogP contribution < -0.4 is 15.4 Å². The van der Waals surface area contributed by atoms with Gasteiger partial charge in [-0.05, 0) is 46.5 Å². The molecule has 0 spiro atoms. The molecule has 124 valence electrons. The van der Waals surface area contributed by atoms with Crippen LogP contribution in [0.3, 0.4) is 0 Å². The van der Waals surface area contributed by atoms with Crippen LogP contribution in [0.2, 0.25) is 0 Å². The average molecular weight is 340 g/mol. The number of rotatable bonds is 6. The van der Waals surface area contributed by atoms with Crippen molar-refractivity contribution < 1.29 is 9.53 Å². The van der Waals surface area contributed by atoms with E-state index in [0.717, 1.165) is 17.7 Å². The second-order valence-corrected chi connectivity index (χ2v) is 6.38. The summed E-state index contributed by atoms with van der Waals surface area (Å²) in [6.45, 7) is 1.09. The number of ether oxygens (including phenoxy) is 1. The highest BCUT2D eigenvalue weighted by Gasteiger charge is 2.05. The molecule has 24 heavy (non-hydrogen) atoms. The number of fused-ring (bicyclic) bond motifs is 1. The molecule has 2 aromatic carbocycles. The largest absolute Gasteiger partial charge is 0.497 e. The summed E-state index contributed by atoms with van der Waals surface area (Å²) in [4.78, 5) is 11.9. The van der Waals surface area contributed by atoms with Crippen LogP contribution in [0.1, 0.15) is 11.1 Å². The van der Waals surface area contributed by atoms with Crippen LogP contribution in [0.15, 0.2) is 53.9 Å². The number of thiophene rings is 1. The van der Waals surface area contributed by atoms with Gasteiger partial charge < -0.3 is 15.4 Å². The van der Waals surface area contributed by atoms with Gasteiger partial charge in [-0.3, -0.25) is 0 Å². The quantitative estimate of drug-likeness (QED) is 0.714. The van der Waals surface area contributed by atoms with E-state index in [2.05, 4.69) is 28.1 Å². The van der Waals surface area contributed by atoms with Crippen molar-refractivity contribution in [2.75, 3.05) is 13.7 Å². The third-order valence-electron chi connectivity index (χ3n) is 3.83. The van der Waals surface area contributed by atoms with Crippen molar-refractivity contribution in [3.8, 4) is 5.75 Å². The Kier molecular flexibility index (Phi) is 5.33. The number of carbonyl (C=O) groups excluding carboxylic acids is 1. The first-order valence-corrected chi connectivity index (χ1v) is 8.74. The molecule has 0 fully saturated rings. The number of benzene rings is 2. The lowest BCUT2D eigenvalue weighted by Gasteiger charge is -2.08. The van der Waals surface area contributed by atoms with Gasteiger partial charge in [0.15, 0.2) is 0 Å². The van der Waals surface area contributed by atoms with E-state index >= 15 is 0 Å². The molecule has 0 saturated carbocycles. The van der Waals surface area contributed by atoms with Crippen molar-refractivity contribution in [1.29, 1.82) is 0 Å². The van der Waals surface area contributed by atoms with Crippen molar-refractivity contribution in [3.05, 3.63) is 65.0 Å². The Hall–Kier alpha value is -2.53. The van der Waals surface area contributed by atoms with Crippen molar-refractivity contribution in [2.24, 2.45) is 0 Å². The summed E-state index contributed by atoms with van der Waals surface area (Å²) < 4.78 is 6.46. The summed E-state index contributed by atoms with van der Waals surface area (Å²) >= 11 is 1.74. The fourth-order valence-electron chi connectivity index (χ4n) is 2.56. The molecule has 0 saturated heterocycles. The third kappa shape index (κ3) is 4.06. The molecule has 1 aromatic heterocycles. The average Bonchev–Trinajstić information content (AvgIpc) is 3.03. The Morgan fingerprint density at radius 1 is 1.12 bits per heavy atom. The number of methoxy groups -OCH3 is 1. The van der Waals surface area contributed by atoms with Gasteiger partial charge in [0.05, 0.1) is 7.11 Å². The summed E-state index contributed by atoms with van der Waals surface area (Å²) in [5.41, 5.74) is 2.29. The molecular formula is C19H20N2O2S. The standard InChI is InChI=1S/C19H20N2O2S/c1-23-16-6-4-5-14(11-16)12-21-19(22)20-10-9-15-13-24-18-8-3-2-7-17(15)18/h2-8,11,13H,9-10,12H2,1H3,(H2,20,21,22). The van der Waals surface area contributed by atoms with E-state index in [1.807, 2.05) is 36.4 Å². The van der Waals surface area contributed by atoms with Crippen LogP contribution in [0.25, 0.3) is 10.1 Å². The van der Waals surface area contributed by atoms with Crippen molar-refractivity contribution in [3.63, 3.8) is 0 Å². The molecule has 0 atom stereocenters. The van der Waals surface area contributed by atoms with E-state index in [4.69, 9.17) is 4.74 Å². The lowest BCUT2D eigenvalue weighted by molar-refractivity contribution is 0.240. The van der Waals surface area contributed by atoms with Crippen molar-refractivity contribution >= 4 is 27.5 Å². The zero-order valence-electron chi connectivity index (χ0n) is 13.5. The van der Waals surface area contributed by atoms with Gasteiger partial charge in [0, 0.05) is 17.8 Å². The van der Waals surface area contributed by atoms with Crippen LogP contribution in [-0.2, 0) is 13.0 Å². The Balaban J connectivity index is 1.45. The normalized spacial score (nSPS) is 10.5. The number of nitrogens with one attached hydrogen (secondary N) is 2. The molecule has 0 aliphatic heterocycles. The maximum absolute atomic E-state index is 11.9. The van der Waals surface area contributed by atoms with E-state index < -0.39 is 0 Å². The van der Waals surface area contributed by atoms with Gasteiger partial charge >= 0.3 is 6.03 Å². The molecule has 2 amide bonds. The molecule has 0 aliphatic carbocycles. The predicted molar refractivity (Wildman–Crippen MR) is 98.8 cm³/mol. The van der Waals surface area contributed by atoms with Crippen LogP contribution in [-0.4, -0.2) is 19.7 Å². The molecule has 3 aromatic rings. The van der Waals surface area contributed by atoms with Gasteiger partial charge in [0.25, 0.3) is 0 Å². The van der Waals surface area contributed by atoms with Crippen LogP contribution in [0.5, 0.6) is 5.75 Å². The van der Waals surface area contributed by atoms with Crippen LogP contribution in [0, 0.1) is 0 Å². The van der Waals surface area contributed by atoms with E-state index in [9.17, 15) is 4.79 Å². The number of carbonyl (C=O) groups is 1. The molecule has 5 heteroatoms. The smallest absolute Gasteiger partial charge is 0.315 e. The molecule has 0 radical (unpaired) electrons. The monoisotopic (exact) mass is 340 g/mol. The topological polar surface area (TPSA) is 50.4 Å². The first-order valence-electron chi connectivity index (χ1n) is 7.86. The Labute approximate surface area is 145 Å². The first-order chi connectivity index (χ1) is 11.8. The van der Waals surface area contributed by atoms with E-state index in [1.165, 1.54) is 15.6 Å². The zero-order chi connectivity index (χ0) is 16.8. The van der Waals surface area contributed by atoms with E-state index in [-0.39, 0.29) is 6.03 Å². The summed E-state index contributed by atoms with van der Waals surface area (Å²) in [7, 11) is 1.63. The van der Waals surface area contributed by atoms with Gasteiger partial charge in [-0.1, -0.05) is 30.3 Å². The highest BCUT2D eigenvalue weighted by molar-refractivity contribution is 7.17. The van der Waals surface area contributed by atoms with Crippen molar-refractivity contribution in [2.45, 2.75) is 13.0 Å². The minimum absolute atomic E-state index is 0.155. The van der Waals surface area contributed by atoms with E-state index in [1.54, 1.807) is 18.4 Å². The first kappa shape index (κ1) is 16.3. The predicted octanol–water partition coefficient (Wildman–Crippen LogP) is 3.95. The summed E-state index contributed by atoms with van der Waals surface area (Å²) in [6, 6.07) is 15.9. The molecule has 2 N–H and O–H groups in total. The maximum atomic E-state index is 11.9. The Morgan fingerprint density at radius 3 is 2.88 bits per heavy atom. The molecule has 3 rings (SSSR count). The van der Waals surface area contributed by atoms with Gasteiger partial charge in [-0.15, -0.1) is 11.3 Å². The number of hydrogen-bond donors (Lipinski definition) is 2. The van der Waals surface area contributed by atoms with Crippen LogP contribution in [0.4, 0.5) is 4.79 Å². The van der Waals surface area contributed by atoms with E-state index in [0.29, 0.717) is 13.1 Å². The minimum atomic E-state index is -0.155.